The molecule has 0 saturated heterocycles. The molecule has 0 aromatic rings. The van der Waals surface area contributed by atoms with Crippen molar-refractivity contribution < 1.29 is 33.7 Å². The molecule has 0 bridgehead atoms. The second-order valence-electron chi connectivity index (χ2n) is 6.63. The van der Waals surface area contributed by atoms with Gasteiger partial charge in [-0.2, -0.15) is 0 Å². The lowest BCUT2D eigenvalue weighted by Gasteiger charge is -2.31. The number of sulfone groups is 4. The van der Waals surface area contributed by atoms with Crippen LogP contribution in [-0.4, -0.2) is 64.8 Å². The van der Waals surface area contributed by atoms with Gasteiger partial charge in [0, 0.05) is 21.6 Å². The SMILES string of the molecule is C=CS(=O)(=O)CC[Si](CCS(=O)(=O)C=C)(CCS(=O)(=O)C=C)CCS(=O)(=O)C=C. The van der Waals surface area contributed by atoms with Gasteiger partial charge in [0.25, 0.3) is 0 Å². The molecule has 0 radical (unpaired) electrons. The van der Waals surface area contributed by atoms with Gasteiger partial charge in [-0.1, -0.05) is 26.3 Å². The van der Waals surface area contributed by atoms with Gasteiger partial charge in [0.2, 0.25) is 0 Å². The molecule has 0 aromatic carbocycles. The molecule has 0 rings (SSSR count). The molecule has 0 aliphatic heterocycles. The second-order valence-corrected chi connectivity index (χ2v) is 19.9. The molecule has 8 nitrogen and oxygen atoms in total. The highest BCUT2D eigenvalue weighted by atomic mass is 32.2. The maximum atomic E-state index is 11.9. The molecule has 0 unspecified atom stereocenters. The summed E-state index contributed by atoms with van der Waals surface area (Å²) in [4.78, 5) is 0. The minimum absolute atomic E-state index is 0.00728. The van der Waals surface area contributed by atoms with Crippen molar-refractivity contribution in [2.75, 3.05) is 23.0 Å². The normalized spacial score (nSPS) is 13.5. The quantitative estimate of drug-likeness (QED) is 0.289. The number of hydrogen-bond donors (Lipinski definition) is 0. The fraction of sp³-hybridized carbons (Fsp3) is 0.500. The Kier molecular flexibility index (Phi) is 10.5. The summed E-state index contributed by atoms with van der Waals surface area (Å²) >= 11 is 0. The summed E-state index contributed by atoms with van der Waals surface area (Å²) in [7, 11) is -17.6. The van der Waals surface area contributed by atoms with Crippen LogP contribution in [0.25, 0.3) is 0 Å². The Balaban J connectivity index is 6.08. The van der Waals surface area contributed by atoms with Crippen LogP contribution in [0.1, 0.15) is 0 Å². The average Bonchev–Trinajstić information content (AvgIpc) is 2.67. The summed E-state index contributed by atoms with van der Waals surface area (Å²) in [6, 6.07) is 0.0291. The summed E-state index contributed by atoms with van der Waals surface area (Å²) in [6.07, 6.45) is 0. The van der Waals surface area contributed by atoms with Crippen LogP contribution in [0.3, 0.4) is 0 Å². The lowest BCUT2D eigenvalue weighted by molar-refractivity contribution is 0.604. The first kappa shape index (κ1) is 28.0. The predicted octanol–water partition coefficient (Wildman–Crippen LogP) is 1.67. The smallest absolute Gasteiger partial charge is 0.170 e. The fourth-order valence-corrected chi connectivity index (χ4v) is 16.2. The molecular weight excluding hydrogens is 477 g/mol. The standard InChI is InChI=1S/C16H28O8S4Si/c1-5-25(17,18)9-13-29(14-10-26(19,20)6-2,15-11-27(21,22)7-3)16-12-28(23,24)8-4/h5-8H,1-4,9-16H2. The van der Waals surface area contributed by atoms with E-state index < -0.39 is 47.4 Å². The van der Waals surface area contributed by atoms with Crippen LogP contribution >= 0.6 is 0 Å². The van der Waals surface area contributed by atoms with Crippen LogP contribution in [0.5, 0.6) is 0 Å². The Labute approximate surface area is 175 Å². The molecular formula is C16H28O8S4Si. The molecule has 0 fully saturated rings. The van der Waals surface area contributed by atoms with E-state index in [2.05, 4.69) is 26.3 Å². The van der Waals surface area contributed by atoms with Gasteiger partial charge in [-0.15, -0.1) is 0 Å². The fourth-order valence-electron chi connectivity index (χ4n) is 2.52. The Bertz CT molecular complexity index is 863. The van der Waals surface area contributed by atoms with E-state index in [0.717, 1.165) is 21.6 Å². The molecule has 29 heavy (non-hydrogen) atoms. The molecule has 0 aromatic heterocycles. The van der Waals surface area contributed by atoms with E-state index in [-0.39, 0.29) is 47.2 Å². The maximum absolute atomic E-state index is 11.9. The van der Waals surface area contributed by atoms with Crippen molar-refractivity contribution in [2.24, 2.45) is 0 Å². The lowest BCUT2D eigenvalue weighted by atomic mass is 10.9. The van der Waals surface area contributed by atoms with E-state index in [9.17, 15) is 33.7 Å². The third-order valence-corrected chi connectivity index (χ3v) is 16.5. The summed E-state index contributed by atoms with van der Waals surface area (Å²) in [5, 5.41) is 3.09. The average molecular weight is 505 g/mol. The van der Waals surface area contributed by atoms with Gasteiger partial charge in [-0.25, -0.2) is 33.7 Å². The van der Waals surface area contributed by atoms with Crippen LogP contribution in [0.2, 0.25) is 24.2 Å². The van der Waals surface area contributed by atoms with Crippen molar-refractivity contribution in [2.45, 2.75) is 24.2 Å². The molecule has 0 N–H and O–H groups in total. The van der Waals surface area contributed by atoms with Crippen molar-refractivity contribution in [1.82, 2.24) is 0 Å². The minimum atomic E-state index is -3.64. The maximum Gasteiger partial charge on any atom is 0.170 e. The van der Waals surface area contributed by atoms with Gasteiger partial charge in [-0.3, -0.25) is 0 Å². The first-order valence-corrected chi connectivity index (χ1v) is 18.2. The Hall–Kier alpha value is -1.02. The predicted molar refractivity (Wildman–Crippen MR) is 121 cm³/mol. The Morgan fingerprint density at radius 2 is 0.621 bits per heavy atom. The summed E-state index contributed by atoms with van der Waals surface area (Å²) in [6.45, 7) is 12.9. The van der Waals surface area contributed by atoms with Crippen molar-refractivity contribution in [3.05, 3.63) is 47.9 Å². The molecule has 0 saturated carbocycles. The molecule has 0 spiro atoms. The highest BCUT2D eigenvalue weighted by Gasteiger charge is 2.36. The van der Waals surface area contributed by atoms with Crippen LogP contribution in [0, 0.1) is 0 Å². The van der Waals surface area contributed by atoms with Crippen molar-refractivity contribution in [3.63, 3.8) is 0 Å². The number of rotatable bonds is 16. The Morgan fingerprint density at radius 1 is 0.448 bits per heavy atom. The zero-order valence-electron chi connectivity index (χ0n) is 16.2. The van der Waals surface area contributed by atoms with E-state index in [1.165, 1.54) is 0 Å². The minimum Gasteiger partial charge on any atom is -0.224 e. The van der Waals surface area contributed by atoms with Gasteiger partial charge in [0.1, 0.15) is 0 Å². The third-order valence-electron chi connectivity index (χ3n) is 4.68. The molecule has 0 aliphatic carbocycles. The van der Waals surface area contributed by atoms with Gasteiger partial charge in [-0.05, 0) is 24.2 Å². The van der Waals surface area contributed by atoms with Gasteiger partial charge in [0.05, 0.1) is 31.1 Å². The summed E-state index contributed by atoms with van der Waals surface area (Å²) in [5.41, 5.74) is 0. The van der Waals surface area contributed by atoms with E-state index in [1.54, 1.807) is 0 Å². The first-order chi connectivity index (χ1) is 13.1. The second kappa shape index (κ2) is 10.8. The molecule has 0 amide bonds. The number of hydrogen-bond acceptors (Lipinski definition) is 8. The highest BCUT2D eigenvalue weighted by molar-refractivity contribution is 7.95. The van der Waals surface area contributed by atoms with Crippen molar-refractivity contribution in [1.29, 1.82) is 0 Å². The largest absolute Gasteiger partial charge is 0.224 e. The van der Waals surface area contributed by atoms with Crippen molar-refractivity contribution >= 4 is 47.4 Å². The van der Waals surface area contributed by atoms with Crippen molar-refractivity contribution in [3.8, 4) is 0 Å². The third kappa shape index (κ3) is 11.1. The van der Waals surface area contributed by atoms with Crippen LogP contribution in [-0.2, 0) is 39.3 Å². The molecule has 0 aliphatic rings. The van der Waals surface area contributed by atoms with Gasteiger partial charge in [0.15, 0.2) is 39.3 Å². The van der Waals surface area contributed by atoms with Gasteiger partial charge >= 0.3 is 0 Å². The van der Waals surface area contributed by atoms with E-state index in [4.69, 9.17) is 0 Å². The highest BCUT2D eigenvalue weighted by Crippen LogP contribution is 2.30. The molecule has 0 heterocycles. The molecule has 0 atom stereocenters. The van der Waals surface area contributed by atoms with E-state index in [0.29, 0.717) is 0 Å². The van der Waals surface area contributed by atoms with Crippen LogP contribution in [0.15, 0.2) is 47.9 Å². The van der Waals surface area contributed by atoms with E-state index in [1.807, 2.05) is 0 Å². The zero-order valence-corrected chi connectivity index (χ0v) is 20.5. The lowest BCUT2D eigenvalue weighted by Crippen LogP contribution is -2.41. The Morgan fingerprint density at radius 3 is 0.759 bits per heavy atom. The zero-order chi connectivity index (χ0) is 23.0. The topological polar surface area (TPSA) is 137 Å². The summed E-state index contributed by atoms with van der Waals surface area (Å²) < 4.78 is 95.4. The van der Waals surface area contributed by atoms with Crippen LogP contribution in [0.4, 0.5) is 0 Å². The van der Waals surface area contributed by atoms with E-state index >= 15 is 0 Å². The molecule has 13 heteroatoms. The molecule has 168 valence electrons. The first-order valence-electron chi connectivity index (χ1n) is 8.48. The monoisotopic (exact) mass is 504 g/mol. The van der Waals surface area contributed by atoms with Crippen LogP contribution < -0.4 is 0 Å². The van der Waals surface area contributed by atoms with Gasteiger partial charge < -0.3 is 0 Å². The summed E-state index contributed by atoms with van der Waals surface area (Å²) in [5.74, 6) is -1.45.